The van der Waals surface area contributed by atoms with Gasteiger partial charge in [-0.3, -0.25) is 19.4 Å². The summed E-state index contributed by atoms with van der Waals surface area (Å²) in [4.78, 5) is 44.5. The number of aromatic hydroxyl groups is 1. The second-order valence-corrected chi connectivity index (χ2v) is 7.39. The molecule has 2 aliphatic heterocycles. The van der Waals surface area contributed by atoms with Crippen LogP contribution in [0.25, 0.3) is 0 Å². The van der Waals surface area contributed by atoms with Crippen molar-refractivity contribution in [3.63, 3.8) is 0 Å². The summed E-state index contributed by atoms with van der Waals surface area (Å²) in [6.07, 6.45) is 4.76. The van der Waals surface area contributed by atoms with E-state index in [4.69, 9.17) is 0 Å². The molecule has 154 valence electrons. The number of phenolic OH excluding ortho intramolecular Hbond substituents is 1. The largest absolute Gasteiger partial charge is 0.508 e. The fourth-order valence-corrected chi connectivity index (χ4v) is 3.67. The van der Waals surface area contributed by atoms with Gasteiger partial charge in [0.1, 0.15) is 5.75 Å². The average Bonchev–Trinajstić information content (AvgIpc) is 2.99. The number of anilines is 2. The maximum absolute atomic E-state index is 12.5. The number of ketones is 1. The molecule has 8 heteroatoms. The van der Waals surface area contributed by atoms with Gasteiger partial charge in [0, 0.05) is 11.9 Å². The van der Waals surface area contributed by atoms with E-state index in [2.05, 4.69) is 15.2 Å². The molecule has 2 aliphatic rings. The van der Waals surface area contributed by atoms with Crippen molar-refractivity contribution in [1.82, 2.24) is 4.90 Å². The first-order valence-electron chi connectivity index (χ1n) is 9.88. The van der Waals surface area contributed by atoms with Gasteiger partial charge in [-0.15, -0.1) is 0 Å². The van der Waals surface area contributed by atoms with Crippen LogP contribution < -0.4 is 10.2 Å². The lowest BCUT2D eigenvalue weighted by molar-refractivity contribution is -0.114. The van der Waals surface area contributed by atoms with Crippen molar-refractivity contribution >= 4 is 35.3 Å². The molecule has 1 saturated heterocycles. The first kappa shape index (κ1) is 19.8. The number of phenols is 1. The molecule has 4 rings (SSSR count). The fourth-order valence-electron chi connectivity index (χ4n) is 3.67. The van der Waals surface area contributed by atoms with Crippen LogP contribution in [0, 0.1) is 0 Å². The molecule has 8 nitrogen and oxygen atoms in total. The maximum atomic E-state index is 12.5. The number of carbonyl (C=O) groups excluding carboxylic acids is 3. The summed E-state index contributed by atoms with van der Waals surface area (Å²) >= 11 is 0. The third-order valence-corrected chi connectivity index (χ3v) is 5.24. The van der Waals surface area contributed by atoms with E-state index in [0.29, 0.717) is 23.6 Å². The van der Waals surface area contributed by atoms with E-state index in [-0.39, 0.29) is 11.3 Å². The van der Waals surface area contributed by atoms with Crippen LogP contribution in [0.3, 0.4) is 0 Å². The summed E-state index contributed by atoms with van der Waals surface area (Å²) in [5, 5.41) is 11.9. The van der Waals surface area contributed by atoms with Crippen LogP contribution in [-0.4, -0.2) is 53.7 Å². The van der Waals surface area contributed by atoms with E-state index in [1.807, 2.05) is 0 Å². The van der Waals surface area contributed by atoms with Crippen LogP contribution in [0.1, 0.15) is 35.2 Å². The Morgan fingerprint density at radius 3 is 2.53 bits per heavy atom. The zero-order valence-corrected chi connectivity index (χ0v) is 16.4. The number of amides is 3. The first-order chi connectivity index (χ1) is 14.5. The molecule has 30 heavy (non-hydrogen) atoms. The number of aliphatic imine (C=N–C) groups is 1. The molecule has 0 unspecified atom stereocenters. The minimum atomic E-state index is -0.607. The number of hydrogen-bond donors (Lipinski definition) is 2. The molecule has 0 spiro atoms. The minimum absolute atomic E-state index is 0.128. The Bertz CT molecular complexity index is 1010. The Hall–Kier alpha value is -3.52. The smallest absolute Gasteiger partial charge is 0.345 e. The molecule has 2 aromatic carbocycles. The van der Waals surface area contributed by atoms with Crippen LogP contribution in [0.2, 0.25) is 0 Å². The van der Waals surface area contributed by atoms with E-state index in [0.717, 1.165) is 25.9 Å². The van der Waals surface area contributed by atoms with Crippen LogP contribution in [0.4, 0.5) is 16.2 Å². The number of carbonyl (C=O) groups is 3. The number of fused-ring (bicyclic) bond motifs is 1. The average molecular weight is 406 g/mol. The molecule has 2 heterocycles. The van der Waals surface area contributed by atoms with Gasteiger partial charge in [0.05, 0.1) is 17.9 Å². The monoisotopic (exact) mass is 406 g/mol. The number of nitrogens with zero attached hydrogens (tertiary/aromatic N) is 3. The topological polar surface area (TPSA) is 102 Å². The predicted molar refractivity (Wildman–Crippen MR) is 113 cm³/mol. The molecular formula is C22H22N4O4. The molecule has 2 aromatic rings. The number of likely N-dealkylation sites (tertiary alicyclic amines) is 1. The van der Waals surface area contributed by atoms with Crippen LogP contribution in [0.5, 0.6) is 5.75 Å². The van der Waals surface area contributed by atoms with Crippen molar-refractivity contribution in [2.24, 2.45) is 4.99 Å². The van der Waals surface area contributed by atoms with E-state index in [1.54, 1.807) is 24.3 Å². The lowest BCUT2D eigenvalue weighted by Crippen LogP contribution is -2.43. The van der Waals surface area contributed by atoms with Gasteiger partial charge >= 0.3 is 11.9 Å². The van der Waals surface area contributed by atoms with Gasteiger partial charge in [-0.05, 0) is 74.0 Å². The molecule has 0 radical (unpaired) electrons. The molecule has 0 aromatic heterocycles. The van der Waals surface area contributed by atoms with Gasteiger partial charge in [0.25, 0.3) is 5.78 Å². The van der Waals surface area contributed by atoms with Crippen molar-refractivity contribution in [2.45, 2.75) is 19.3 Å². The van der Waals surface area contributed by atoms with Crippen molar-refractivity contribution in [3.8, 4) is 5.75 Å². The second-order valence-electron chi connectivity index (χ2n) is 7.39. The number of piperidine rings is 1. The molecule has 2 N–H and O–H groups in total. The number of Topliss-reactive ketones (excluding diaryl/α,β-unsaturated/α-hetero) is 1. The SMILES string of the molecule is O=C(/N=C/c1ccc(O)cc1)Nc1ccc2c(c1)C(=O)C(=O)N2CN1CCCCC1. The summed E-state index contributed by atoms with van der Waals surface area (Å²) in [5.41, 5.74) is 1.91. The third kappa shape index (κ3) is 4.23. The molecule has 0 bridgehead atoms. The Kier molecular flexibility index (Phi) is 5.58. The van der Waals surface area contributed by atoms with Gasteiger partial charge in [-0.2, -0.15) is 0 Å². The molecule has 0 atom stereocenters. The Balaban J connectivity index is 1.45. The molecule has 3 amide bonds. The van der Waals surface area contributed by atoms with E-state index in [9.17, 15) is 19.5 Å². The van der Waals surface area contributed by atoms with Gasteiger partial charge in [0.2, 0.25) is 0 Å². The normalized spacial score (nSPS) is 16.9. The number of nitrogens with one attached hydrogen (secondary N) is 1. The van der Waals surface area contributed by atoms with Crippen molar-refractivity contribution in [3.05, 3.63) is 53.6 Å². The quantitative estimate of drug-likeness (QED) is 0.600. The molecular weight excluding hydrogens is 384 g/mol. The lowest BCUT2D eigenvalue weighted by Gasteiger charge is -2.30. The highest BCUT2D eigenvalue weighted by Crippen LogP contribution is 2.32. The van der Waals surface area contributed by atoms with Crippen molar-refractivity contribution in [2.75, 3.05) is 30.0 Å². The standard InChI is InChI=1S/C22H22N4O4/c27-17-7-4-15(5-8-17)13-23-22(30)24-16-6-9-19-18(12-16)20(28)21(29)26(19)14-25-10-2-1-3-11-25/h4-9,12-13,27H,1-3,10-11,14H2,(H,24,30)/b23-13+. The fraction of sp³-hybridized carbons (Fsp3) is 0.273. The summed E-state index contributed by atoms with van der Waals surface area (Å²) in [6.45, 7) is 2.24. The molecule has 0 aliphatic carbocycles. The van der Waals surface area contributed by atoms with Crippen molar-refractivity contribution < 1.29 is 19.5 Å². The highest BCUT2D eigenvalue weighted by atomic mass is 16.3. The zero-order valence-electron chi connectivity index (χ0n) is 16.4. The third-order valence-electron chi connectivity index (χ3n) is 5.24. The van der Waals surface area contributed by atoms with Crippen LogP contribution in [-0.2, 0) is 4.79 Å². The molecule has 0 saturated carbocycles. The maximum Gasteiger partial charge on any atom is 0.345 e. The number of benzene rings is 2. The lowest BCUT2D eigenvalue weighted by atomic mass is 10.1. The highest BCUT2D eigenvalue weighted by molar-refractivity contribution is 6.52. The van der Waals surface area contributed by atoms with E-state index < -0.39 is 17.7 Å². The number of rotatable bonds is 4. The summed E-state index contributed by atoms with van der Waals surface area (Å²) in [5.74, 6) is -0.974. The van der Waals surface area contributed by atoms with Crippen molar-refractivity contribution in [1.29, 1.82) is 0 Å². The van der Waals surface area contributed by atoms with Gasteiger partial charge in [0.15, 0.2) is 0 Å². The summed E-state index contributed by atoms with van der Waals surface area (Å²) in [7, 11) is 0. The Morgan fingerprint density at radius 1 is 1.07 bits per heavy atom. The minimum Gasteiger partial charge on any atom is -0.508 e. The van der Waals surface area contributed by atoms with E-state index in [1.165, 1.54) is 35.7 Å². The summed E-state index contributed by atoms with van der Waals surface area (Å²) in [6, 6.07) is 10.5. The Morgan fingerprint density at radius 2 is 1.80 bits per heavy atom. The van der Waals surface area contributed by atoms with Crippen LogP contribution in [0.15, 0.2) is 47.5 Å². The van der Waals surface area contributed by atoms with Crippen LogP contribution >= 0.6 is 0 Å². The molecule has 1 fully saturated rings. The number of urea groups is 1. The zero-order chi connectivity index (χ0) is 21.1. The predicted octanol–water partition coefficient (Wildman–Crippen LogP) is 3.02. The second kappa shape index (κ2) is 8.46. The number of hydrogen-bond acceptors (Lipinski definition) is 5. The highest BCUT2D eigenvalue weighted by Gasteiger charge is 2.37. The summed E-state index contributed by atoms with van der Waals surface area (Å²) < 4.78 is 0. The van der Waals surface area contributed by atoms with E-state index >= 15 is 0 Å². The van der Waals surface area contributed by atoms with Gasteiger partial charge < -0.3 is 10.4 Å². The van der Waals surface area contributed by atoms with Gasteiger partial charge in [-0.25, -0.2) is 9.79 Å². The first-order valence-corrected chi connectivity index (χ1v) is 9.88. The Labute approximate surface area is 173 Å². The van der Waals surface area contributed by atoms with Gasteiger partial charge in [-0.1, -0.05) is 6.42 Å².